The van der Waals surface area contributed by atoms with Gasteiger partial charge >= 0.3 is 0 Å². The van der Waals surface area contributed by atoms with Gasteiger partial charge in [0.25, 0.3) is 0 Å². The van der Waals surface area contributed by atoms with Gasteiger partial charge in [-0.1, -0.05) is 12.1 Å². The predicted octanol–water partition coefficient (Wildman–Crippen LogP) is 2.38. The number of hydrogen-bond acceptors (Lipinski definition) is 6. The molecule has 0 unspecified atom stereocenters. The van der Waals surface area contributed by atoms with Crippen molar-refractivity contribution in [1.29, 1.82) is 0 Å². The smallest absolute Gasteiger partial charge is 0.222 e. The fourth-order valence-electron chi connectivity index (χ4n) is 4.51. The van der Waals surface area contributed by atoms with Crippen LogP contribution in [0.3, 0.4) is 0 Å². The van der Waals surface area contributed by atoms with E-state index < -0.39 is 0 Å². The highest BCUT2D eigenvalue weighted by Gasteiger charge is 2.31. The Bertz CT molecular complexity index is 992. The Morgan fingerprint density at radius 1 is 1.16 bits per heavy atom. The number of likely N-dealkylation sites (tertiary alicyclic amines) is 1. The van der Waals surface area contributed by atoms with Gasteiger partial charge in [0.05, 0.1) is 19.3 Å². The van der Waals surface area contributed by atoms with Gasteiger partial charge in [0.1, 0.15) is 17.4 Å². The molecule has 2 aliphatic rings. The number of rotatable bonds is 6. The number of carbonyl (C=O) groups excluding carboxylic acids is 2. The number of carbonyl (C=O) groups is 2. The average Bonchev–Trinajstić information content (AvgIpc) is 3.32. The third kappa shape index (κ3) is 4.69. The van der Waals surface area contributed by atoms with Crippen LogP contribution in [0.4, 0.5) is 5.82 Å². The van der Waals surface area contributed by atoms with Gasteiger partial charge in [-0.05, 0) is 37.0 Å². The lowest BCUT2D eigenvalue weighted by Crippen LogP contribution is -2.35. The van der Waals surface area contributed by atoms with Gasteiger partial charge in [0, 0.05) is 51.5 Å². The van der Waals surface area contributed by atoms with Crippen molar-refractivity contribution < 1.29 is 14.3 Å². The van der Waals surface area contributed by atoms with Crippen molar-refractivity contribution in [3.63, 3.8) is 0 Å². The second kappa shape index (κ2) is 9.54. The number of benzene rings is 1. The first kappa shape index (κ1) is 22.0. The first-order valence-corrected chi connectivity index (χ1v) is 11.2. The Kier molecular flexibility index (Phi) is 6.58. The molecule has 0 spiro atoms. The van der Waals surface area contributed by atoms with Crippen LogP contribution in [0.5, 0.6) is 5.75 Å². The van der Waals surface area contributed by atoms with E-state index in [-0.39, 0.29) is 17.7 Å². The summed E-state index contributed by atoms with van der Waals surface area (Å²) in [4.78, 5) is 38.0. The van der Waals surface area contributed by atoms with Gasteiger partial charge in [-0.25, -0.2) is 9.97 Å². The van der Waals surface area contributed by atoms with Crippen LogP contribution in [0.2, 0.25) is 0 Å². The summed E-state index contributed by atoms with van der Waals surface area (Å²) in [6.07, 6.45) is 2.81. The molecule has 4 rings (SSSR count). The monoisotopic (exact) mass is 437 g/mol. The van der Waals surface area contributed by atoms with E-state index in [1.54, 1.807) is 14.0 Å². The van der Waals surface area contributed by atoms with Crippen LogP contribution in [0.15, 0.2) is 24.3 Å². The van der Waals surface area contributed by atoms with Crippen LogP contribution in [-0.2, 0) is 29.0 Å². The second-order valence-electron chi connectivity index (χ2n) is 8.47. The first-order chi connectivity index (χ1) is 15.5. The molecule has 0 bridgehead atoms. The quantitative estimate of drug-likeness (QED) is 0.747. The highest BCUT2D eigenvalue weighted by Crippen LogP contribution is 2.30. The van der Waals surface area contributed by atoms with Gasteiger partial charge < -0.3 is 19.9 Å². The van der Waals surface area contributed by atoms with Gasteiger partial charge in [0.15, 0.2) is 0 Å². The lowest BCUT2D eigenvalue weighted by Gasteiger charge is -2.29. The van der Waals surface area contributed by atoms with E-state index in [9.17, 15) is 9.59 Å². The lowest BCUT2D eigenvalue weighted by atomic mass is 10.0. The molecule has 2 aromatic rings. The summed E-state index contributed by atoms with van der Waals surface area (Å²) in [5, 5.41) is 3.20. The third-order valence-corrected chi connectivity index (χ3v) is 6.46. The summed E-state index contributed by atoms with van der Waals surface area (Å²) in [7, 11) is 3.51. The molecule has 0 aliphatic carbocycles. The molecule has 32 heavy (non-hydrogen) atoms. The summed E-state index contributed by atoms with van der Waals surface area (Å²) >= 11 is 0. The summed E-state index contributed by atoms with van der Waals surface area (Å²) < 4.78 is 5.19. The molecule has 2 amide bonds. The molecule has 1 aromatic carbocycles. The Hall–Kier alpha value is -3.16. The molecule has 0 saturated carbocycles. The molecular formula is C24H31N5O3. The van der Waals surface area contributed by atoms with E-state index >= 15 is 0 Å². The third-order valence-electron chi connectivity index (χ3n) is 6.46. The van der Waals surface area contributed by atoms with Gasteiger partial charge in [-0.2, -0.15) is 0 Å². The largest absolute Gasteiger partial charge is 0.497 e. The average molecular weight is 438 g/mol. The van der Waals surface area contributed by atoms with Crippen molar-refractivity contribution >= 4 is 17.6 Å². The summed E-state index contributed by atoms with van der Waals surface area (Å²) in [5.41, 5.74) is 3.14. The van der Waals surface area contributed by atoms with Crippen molar-refractivity contribution in [2.45, 2.75) is 45.1 Å². The summed E-state index contributed by atoms with van der Waals surface area (Å²) in [6, 6.07) is 7.85. The molecule has 8 heteroatoms. The Morgan fingerprint density at radius 3 is 2.62 bits per heavy atom. The van der Waals surface area contributed by atoms with Gasteiger partial charge in [-0.15, -0.1) is 0 Å². The van der Waals surface area contributed by atoms with Crippen LogP contribution >= 0.6 is 0 Å². The molecule has 3 heterocycles. The number of aryl methyl sites for hydroxylation is 1. The predicted molar refractivity (Wildman–Crippen MR) is 122 cm³/mol. The Morgan fingerprint density at radius 2 is 1.94 bits per heavy atom. The molecule has 1 N–H and O–H groups in total. The number of ether oxygens (including phenoxy) is 1. The number of amides is 2. The fourth-order valence-corrected chi connectivity index (χ4v) is 4.51. The number of methoxy groups -OCH3 is 1. The maximum atomic E-state index is 12.8. The molecule has 1 atom stereocenters. The van der Waals surface area contributed by atoms with E-state index in [2.05, 4.69) is 5.32 Å². The molecule has 1 aromatic heterocycles. The van der Waals surface area contributed by atoms with Crippen LogP contribution in [0, 0.1) is 0 Å². The maximum Gasteiger partial charge on any atom is 0.222 e. The molecule has 1 saturated heterocycles. The SMILES string of the molecule is CNc1nc([C@@H]2CCN(C(=O)CCc3ccc(OC)cc3)C2)nc2c1CCN(C(C)=O)C2. The Labute approximate surface area is 189 Å². The van der Waals surface area contributed by atoms with Crippen LogP contribution in [0.1, 0.15) is 48.3 Å². The van der Waals surface area contributed by atoms with E-state index in [1.165, 1.54) is 0 Å². The van der Waals surface area contributed by atoms with Crippen molar-refractivity contribution in [1.82, 2.24) is 19.8 Å². The summed E-state index contributed by atoms with van der Waals surface area (Å²) in [5.74, 6) is 2.78. The topological polar surface area (TPSA) is 87.7 Å². The number of nitrogens with one attached hydrogen (secondary N) is 1. The Balaban J connectivity index is 1.40. The van der Waals surface area contributed by atoms with Crippen molar-refractivity contribution in [3.8, 4) is 5.75 Å². The molecular weight excluding hydrogens is 406 g/mol. The van der Waals surface area contributed by atoms with E-state index in [0.717, 1.165) is 53.6 Å². The zero-order valence-electron chi connectivity index (χ0n) is 19.1. The first-order valence-electron chi connectivity index (χ1n) is 11.2. The number of anilines is 1. The molecule has 170 valence electrons. The lowest BCUT2D eigenvalue weighted by molar-refractivity contribution is -0.130. The minimum Gasteiger partial charge on any atom is -0.497 e. The highest BCUT2D eigenvalue weighted by atomic mass is 16.5. The van der Waals surface area contributed by atoms with Crippen LogP contribution < -0.4 is 10.1 Å². The molecule has 2 aliphatic heterocycles. The van der Waals surface area contributed by atoms with Crippen molar-refractivity contribution in [3.05, 3.63) is 46.9 Å². The molecule has 8 nitrogen and oxygen atoms in total. The number of nitrogens with zero attached hydrogens (tertiary/aromatic N) is 4. The number of fused-ring (bicyclic) bond motifs is 1. The molecule has 1 fully saturated rings. The minimum atomic E-state index is 0.0660. The zero-order valence-corrected chi connectivity index (χ0v) is 19.1. The van der Waals surface area contributed by atoms with Gasteiger partial charge in [-0.3, -0.25) is 9.59 Å². The molecule has 0 radical (unpaired) electrons. The maximum absolute atomic E-state index is 12.8. The zero-order chi connectivity index (χ0) is 22.7. The van der Waals surface area contributed by atoms with Gasteiger partial charge in [0.2, 0.25) is 11.8 Å². The normalized spacial score (nSPS) is 17.8. The minimum absolute atomic E-state index is 0.0660. The fraction of sp³-hybridized carbons (Fsp3) is 0.500. The van der Waals surface area contributed by atoms with E-state index in [1.807, 2.05) is 41.1 Å². The highest BCUT2D eigenvalue weighted by molar-refractivity contribution is 5.77. The van der Waals surface area contributed by atoms with E-state index in [0.29, 0.717) is 32.5 Å². The number of aromatic nitrogens is 2. The van der Waals surface area contributed by atoms with E-state index in [4.69, 9.17) is 14.7 Å². The van der Waals surface area contributed by atoms with Crippen LogP contribution in [0.25, 0.3) is 0 Å². The number of hydrogen-bond donors (Lipinski definition) is 1. The van der Waals surface area contributed by atoms with Crippen molar-refractivity contribution in [2.24, 2.45) is 0 Å². The standard InChI is InChI=1S/C24H31N5O3/c1-16(30)28-13-11-20-21(15-28)26-23(27-24(20)25-2)18-10-12-29(14-18)22(31)9-6-17-4-7-19(32-3)8-5-17/h4-5,7-8,18H,6,9-15H2,1-3H3,(H,25,26,27)/t18-/m1/s1. The summed E-state index contributed by atoms with van der Waals surface area (Å²) in [6.45, 7) is 4.17. The second-order valence-corrected chi connectivity index (χ2v) is 8.47. The van der Waals surface area contributed by atoms with Crippen LogP contribution in [-0.4, -0.2) is 65.4 Å². The van der Waals surface area contributed by atoms with Crippen molar-refractivity contribution in [2.75, 3.05) is 39.1 Å².